The minimum absolute atomic E-state index is 0.0365. The summed E-state index contributed by atoms with van der Waals surface area (Å²) in [5.74, 6) is -2.04. The summed E-state index contributed by atoms with van der Waals surface area (Å²) in [6.45, 7) is 8.30. The van der Waals surface area contributed by atoms with Crippen LogP contribution in [0.25, 0.3) is 0 Å². The van der Waals surface area contributed by atoms with Gasteiger partial charge in [-0.2, -0.15) is 0 Å². The minimum atomic E-state index is -1.03. The molecule has 9 heteroatoms. The molecule has 2 amide bonds. The van der Waals surface area contributed by atoms with Gasteiger partial charge in [0.1, 0.15) is 11.6 Å². The SMILES string of the molecule is CC=CC(=O)NC(CCCOC(=O)[C@H](C)NC(=O)OC(C)(C)C)CC(=O)O. The number of esters is 1. The van der Waals surface area contributed by atoms with Crippen molar-refractivity contribution in [2.45, 2.75) is 71.6 Å². The van der Waals surface area contributed by atoms with Crippen LogP contribution in [0.3, 0.4) is 0 Å². The Labute approximate surface area is 159 Å². The van der Waals surface area contributed by atoms with Crippen LogP contribution in [0.5, 0.6) is 0 Å². The highest BCUT2D eigenvalue weighted by Gasteiger charge is 2.22. The number of carbonyl (C=O) groups is 4. The summed E-state index contributed by atoms with van der Waals surface area (Å²) >= 11 is 0. The fourth-order valence-electron chi connectivity index (χ4n) is 2.01. The van der Waals surface area contributed by atoms with E-state index in [0.29, 0.717) is 12.8 Å². The first kappa shape index (κ1) is 24.4. The lowest BCUT2D eigenvalue weighted by molar-refractivity contribution is -0.146. The number of carboxylic acids is 1. The van der Waals surface area contributed by atoms with E-state index < -0.39 is 35.7 Å². The number of carboxylic acid groups (broad SMARTS) is 1. The number of nitrogens with one attached hydrogen (secondary N) is 2. The van der Waals surface area contributed by atoms with Gasteiger partial charge in [0.25, 0.3) is 0 Å². The molecule has 3 N–H and O–H groups in total. The Balaban J connectivity index is 4.29. The molecule has 0 aliphatic rings. The number of carbonyl (C=O) groups excluding carboxylic acids is 3. The zero-order valence-electron chi connectivity index (χ0n) is 16.5. The summed E-state index contributed by atoms with van der Waals surface area (Å²) < 4.78 is 10.1. The van der Waals surface area contributed by atoms with Crippen molar-refractivity contribution in [3.05, 3.63) is 12.2 Å². The van der Waals surface area contributed by atoms with Gasteiger partial charge in [-0.05, 0) is 53.5 Å². The van der Waals surface area contributed by atoms with E-state index in [2.05, 4.69) is 10.6 Å². The van der Waals surface area contributed by atoms with E-state index in [1.54, 1.807) is 33.8 Å². The van der Waals surface area contributed by atoms with Gasteiger partial charge in [0, 0.05) is 6.04 Å². The van der Waals surface area contributed by atoms with E-state index in [1.807, 2.05) is 0 Å². The van der Waals surface area contributed by atoms with E-state index in [1.165, 1.54) is 13.0 Å². The number of amides is 2. The number of hydrogen-bond donors (Lipinski definition) is 3. The monoisotopic (exact) mass is 386 g/mol. The molecule has 0 saturated carbocycles. The lowest BCUT2D eigenvalue weighted by Gasteiger charge is -2.21. The largest absolute Gasteiger partial charge is 0.481 e. The first-order valence-electron chi connectivity index (χ1n) is 8.75. The summed E-state index contributed by atoms with van der Waals surface area (Å²) in [6.07, 6.45) is 2.59. The quantitative estimate of drug-likeness (QED) is 0.296. The molecule has 0 spiro atoms. The maximum absolute atomic E-state index is 11.9. The second-order valence-electron chi connectivity index (χ2n) is 6.98. The Morgan fingerprint density at radius 1 is 1.15 bits per heavy atom. The average molecular weight is 386 g/mol. The van der Waals surface area contributed by atoms with Crippen LogP contribution in [-0.2, 0) is 23.9 Å². The zero-order chi connectivity index (χ0) is 21.0. The normalized spacial score (nSPS) is 13.5. The Hall–Kier alpha value is -2.58. The summed E-state index contributed by atoms with van der Waals surface area (Å²) in [7, 11) is 0. The fourth-order valence-corrected chi connectivity index (χ4v) is 2.01. The standard InChI is InChI=1S/C18H30N2O7/c1-6-8-14(21)20-13(11-15(22)23)9-7-10-26-16(24)12(2)19-17(25)27-18(3,4)5/h6,8,12-13H,7,9-11H2,1-5H3,(H,19,25)(H,20,21)(H,22,23)/t12-,13?/m0/s1. The smallest absolute Gasteiger partial charge is 0.408 e. The van der Waals surface area contributed by atoms with Gasteiger partial charge < -0.3 is 25.2 Å². The van der Waals surface area contributed by atoms with Gasteiger partial charge in [0.15, 0.2) is 0 Å². The predicted molar refractivity (Wildman–Crippen MR) is 98.0 cm³/mol. The van der Waals surface area contributed by atoms with Crippen molar-refractivity contribution in [3.8, 4) is 0 Å². The van der Waals surface area contributed by atoms with Crippen LogP contribution in [0.1, 0.15) is 53.9 Å². The molecule has 0 fully saturated rings. The maximum Gasteiger partial charge on any atom is 0.408 e. The van der Waals surface area contributed by atoms with Crippen molar-refractivity contribution in [3.63, 3.8) is 0 Å². The molecule has 0 radical (unpaired) electrons. The molecule has 0 bridgehead atoms. The third-order valence-electron chi connectivity index (χ3n) is 3.11. The molecule has 2 atom stereocenters. The van der Waals surface area contributed by atoms with Crippen LogP contribution in [0, 0.1) is 0 Å². The van der Waals surface area contributed by atoms with Crippen molar-refractivity contribution < 1.29 is 33.8 Å². The fraction of sp³-hybridized carbons (Fsp3) is 0.667. The van der Waals surface area contributed by atoms with Crippen LogP contribution in [-0.4, -0.2) is 53.3 Å². The maximum atomic E-state index is 11.9. The van der Waals surface area contributed by atoms with Crippen molar-refractivity contribution in [2.24, 2.45) is 0 Å². The topological polar surface area (TPSA) is 131 Å². The van der Waals surface area contributed by atoms with Gasteiger partial charge in [0.05, 0.1) is 13.0 Å². The van der Waals surface area contributed by atoms with Gasteiger partial charge in [-0.1, -0.05) is 6.08 Å². The molecule has 9 nitrogen and oxygen atoms in total. The predicted octanol–water partition coefficient (Wildman–Crippen LogP) is 1.76. The number of aliphatic carboxylic acids is 1. The van der Waals surface area contributed by atoms with Crippen LogP contribution >= 0.6 is 0 Å². The average Bonchev–Trinajstić information content (AvgIpc) is 2.48. The second kappa shape index (κ2) is 11.9. The lowest BCUT2D eigenvalue weighted by Crippen LogP contribution is -2.42. The Morgan fingerprint density at radius 3 is 2.30 bits per heavy atom. The summed E-state index contributed by atoms with van der Waals surface area (Å²) in [6, 6.07) is -1.45. The van der Waals surface area contributed by atoms with Gasteiger partial charge in [-0.15, -0.1) is 0 Å². The molecule has 0 aromatic rings. The van der Waals surface area contributed by atoms with Crippen molar-refractivity contribution in [1.29, 1.82) is 0 Å². The molecule has 0 aliphatic carbocycles. The number of allylic oxidation sites excluding steroid dienone is 1. The summed E-state index contributed by atoms with van der Waals surface area (Å²) in [5.41, 5.74) is -0.676. The van der Waals surface area contributed by atoms with Crippen molar-refractivity contribution in [1.82, 2.24) is 10.6 Å². The summed E-state index contributed by atoms with van der Waals surface area (Å²) in [4.78, 5) is 45.9. The van der Waals surface area contributed by atoms with Crippen molar-refractivity contribution >= 4 is 23.9 Å². The van der Waals surface area contributed by atoms with Gasteiger partial charge in [0.2, 0.25) is 5.91 Å². The highest BCUT2D eigenvalue weighted by molar-refractivity contribution is 5.88. The first-order valence-corrected chi connectivity index (χ1v) is 8.75. The van der Waals surface area contributed by atoms with Gasteiger partial charge in [-0.25, -0.2) is 9.59 Å². The number of hydrogen-bond acceptors (Lipinski definition) is 6. The third-order valence-corrected chi connectivity index (χ3v) is 3.11. The van der Waals surface area contributed by atoms with Gasteiger partial charge in [-0.3, -0.25) is 9.59 Å². The molecule has 0 rings (SSSR count). The Kier molecular flexibility index (Phi) is 10.8. The summed E-state index contributed by atoms with van der Waals surface area (Å²) in [5, 5.41) is 13.9. The molecule has 154 valence electrons. The molecule has 0 aliphatic heterocycles. The molecule has 0 aromatic heterocycles. The molecule has 0 aromatic carbocycles. The van der Waals surface area contributed by atoms with Crippen LogP contribution in [0.15, 0.2) is 12.2 Å². The van der Waals surface area contributed by atoms with Crippen LogP contribution < -0.4 is 10.6 Å². The molecular formula is C18H30N2O7. The van der Waals surface area contributed by atoms with E-state index in [0.717, 1.165) is 0 Å². The number of alkyl carbamates (subject to hydrolysis) is 1. The van der Waals surface area contributed by atoms with E-state index in [-0.39, 0.29) is 18.9 Å². The third kappa shape index (κ3) is 13.3. The lowest BCUT2D eigenvalue weighted by atomic mass is 10.1. The molecule has 1 unspecified atom stereocenters. The first-order chi connectivity index (χ1) is 12.4. The highest BCUT2D eigenvalue weighted by Crippen LogP contribution is 2.07. The van der Waals surface area contributed by atoms with E-state index >= 15 is 0 Å². The Bertz CT molecular complexity index is 552. The Morgan fingerprint density at radius 2 is 1.78 bits per heavy atom. The second-order valence-corrected chi connectivity index (χ2v) is 6.98. The van der Waals surface area contributed by atoms with E-state index in [9.17, 15) is 19.2 Å². The van der Waals surface area contributed by atoms with E-state index in [4.69, 9.17) is 14.6 Å². The van der Waals surface area contributed by atoms with Gasteiger partial charge >= 0.3 is 18.0 Å². The molecule has 0 heterocycles. The minimum Gasteiger partial charge on any atom is -0.481 e. The highest BCUT2D eigenvalue weighted by atomic mass is 16.6. The van der Waals surface area contributed by atoms with Crippen LogP contribution in [0.2, 0.25) is 0 Å². The number of rotatable bonds is 10. The molecular weight excluding hydrogens is 356 g/mol. The molecule has 0 saturated heterocycles. The zero-order valence-corrected chi connectivity index (χ0v) is 16.5. The van der Waals surface area contributed by atoms with Crippen LogP contribution in [0.4, 0.5) is 4.79 Å². The molecule has 27 heavy (non-hydrogen) atoms. The van der Waals surface area contributed by atoms with Crippen molar-refractivity contribution in [2.75, 3.05) is 6.61 Å². The number of ether oxygens (including phenoxy) is 2.